The maximum Gasteiger partial charge on any atom is 0.321 e. The number of benzene rings is 1. The number of aromatic nitrogens is 1. The van der Waals surface area contributed by atoms with Gasteiger partial charge in [0.05, 0.1) is 16.3 Å². The van der Waals surface area contributed by atoms with Gasteiger partial charge in [0.25, 0.3) is 5.56 Å². The highest BCUT2D eigenvalue weighted by molar-refractivity contribution is 7.89. The number of sulfonamides is 1. The summed E-state index contributed by atoms with van der Waals surface area (Å²) in [7, 11) is -3.77. The Kier molecular flexibility index (Phi) is 7.88. The summed E-state index contributed by atoms with van der Waals surface area (Å²) in [4.78, 5) is 39.0. The van der Waals surface area contributed by atoms with Crippen molar-refractivity contribution < 1.29 is 18.0 Å². The monoisotopic (exact) mass is 475 g/mol. The molecule has 0 bridgehead atoms. The van der Waals surface area contributed by atoms with Crippen LogP contribution in [0.4, 0.5) is 16.2 Å². The molecule has 178 valence electrons. The third-order valence-electron chi connectivity index (χ3n) is 5.45. The topological polar surface area (TPSA) is 121 Å². The van der Waals surface area contributed by atoms with E-state index < -0.39 is 21.5 Å². The maximum atomic E-state index is 12.8. The van der Waals surface area contributed by atoms with Gasteiger partial charge in [0, 0.05) is 38.4 Å². The van der Waals surface area contributed by atoms with Gasteiger partial charge in [-0.2, -0.15) is 4.31 Å². The number of para-hydroxylation sites is 2. The average Bonchev–Trinajstić information content (AvgIpc) is 3.32. The summed E-state index contributed by atoms with van der Waals surface area (Å²) in [5.41, 5.74) is 0.322. The number of rotatable bonds is 8. The standard InChI is InChI=1S/C22H29N5O5S/c1-3-27(4-2)33(31,32)17-11-12-21(29)26(15-17)16-20(28)23-18-9-5-6-10-19(18)24-22(30)25-13-7-8-14-25/h5-6,9-12,15H,3-4,7-8,13-14,16H2,1-2H3,(H,23,28)(H,24,30). The Morgan fingerprint density at radius 3 is 2.18 bits per heavy atom. The Balaban J connectivity index is 1.75. The molecule has 2 N–H and O–H groups in total. The largest absolute Gasteiger partial charge is 0.325 e. The van der Waals surface area contributed by atoms with E-state index in [0.29, 0.717) is 37.6 Å². The lowest BCUT2D eigenvalue weighted by Gasteiger charge is -2.19. The SMILES string of the molecule is CCN(CC)S(=O)(=O)c1ccc(=O)n(CC(=O)Nc2ccccc2NC(=O)N2CCCC2)c1. The van der Waals surface area contributed by atoms with Crippen LogP contribution in [-0.4, -0.2) is 60.3 Å². The molecular formula is C22H29N5O5S. The van der Waals surface area contributed by atoms with Crippen molar-refractivity contribution in [2.24, 2.45) is 0 Å². The highest BCUT2D eigenvalue weighted by atomic mass is 32.2. The number of amides is 3. The van der Waals surface area contributed by atoms with Crippen LogP contribution in [0.5, 0.6) is 0 Å². The number of hydrogen-bond acceptors (Lipinski definition) is 5. The van der Waals surface area contributed by atoms with Crippen molar-refractivity contribution in [1.82, 2.24) is 13.8 Å². The van der Waals surface area contributed by atoms with E-state index in [9.17, 15) is 22.8 Å². The van der Waals surface area contributed by atoms with E-state index in [4.69, 9.17) is 0 Å². The summed E-state index contributed by atoms with van der Waals surface area (Å²) in [6, 6.07) is 8.90. The molecule has 1 aliphatic heterocycles. The van der Waals surface area contributed by atoms with Gasteiger partial charge in [-0.3, -0.25) is 9.59 Å². The van der Waals surface area contributed by atoms with Crippen molar-refractivity contribution >= 4 is 33.3 Å². The van der Waals surface area contributed by atoms with Gasteiger partial charge in [-0.1, -0.05) is 26.0 Å². The van der Waals surface area contributed by atoms with Crippen LogP contribution < -0.4 is 16.2 Å². The van der Waals surface area contributed by atoms with Gasteiger partial charge in [-0.15, -0.1) is 0 Å². The Hall–Kier alpha value is -3.18. The summed E-state index contributed by atoms with van der Waals surface area (Å²) in [5.74, 6) is -0.530. The Morgan fingerprint density at radius 1 is 0.970 bits per heavy atom. The van der Waals surface area contributed by atoms with Gasteiger partial charge in [0.2, 0.25) is 15.9 Å². The van der Waals surface area contributed by atoms with Gasteiger partial charge < -0.3 is 20.1 Å². The van der Waals surface area contributed by atoms with E-state index in [2.05, 4.69) is 10.6 Å². The Morgan fingerprint density at radius 2 is 1.58 bits per heavy atom. The molecule has 0 atom stereocenters. The number of anilines is 2. The molecule has 0 aliphatic carbocycles. The van der Waals surface area contributed by atoms with E-state index in [1.54, 1.807) is 43.0 Å². The molecule has 2 heterocycles. The van der Waals surface area contributed by atoms with Crippen LogP contribution in [0.2, 0.25) is 0 Å². The molecule has 1 aromatic carbocycles. The number of nitrogens with zero attached hydrogens (tertiary/aromatic N) is 3. The normalized spacial score (nSPS) is 13.8. The molecule has 10 nitrogen and oxygen atoms in total. The lowest BCUT2D eigenvalue weighted by Crippen LogP contribution is -2.33. The fraction of sp³-hybridized carbons (Fsp3) is 0.409. The maximum absolute atomic E-state index is 12.8. The van der Waals surface area contributed by atoms with E-state index in [1.165, 1.54) is 16.6 Å². The lowest BCUT2D eigenvalue weighted by atomic mass is 10.2. The van der Waals surface area contributed by atoms with Crippen LogP contribution in [0.1, 0.15) is 26.7 Å². The van der Waals surface area contributed by atoms with Crippen molar-refractivity contribution in [2.75, 3.05) is 36.8 Å². The molecule has 3 amide bonds. The van der Waals surface area contributed by atoms with E-state index in [0.717, 1.165) is 23.5 Å². The van der Waals surface area contributed by atoms with Crippen molar-refractivity contribution in [1.29, 1.82) is 0 Å². The first-order valence-electron chi connectivity index (χ1n) is 10.9. The highest BCUT2D eigenvalue weighted by Crippen LogP contribution is 2.22. The minimum Gasteiger partial charge on any atom is -0.325 e. The zero-order chi connectivity index (χ0) is 24.0. The molecule has 0 radical (unpaired) electrons. The summed E-state index contributed by atoms with van der Waals surface area (Å²) >= 11 is 0. The average molecular weight is 476 g/mol. The molecule has 0 spiro atoms. The van der Waals surface area contributed by atoms with E-state index >= 15 is 0 Å². The summed E-state index contributed by atoms with van der Waals surface area (Å²) in [6.45, 7) is 5.03. The number of carbonyl (C=O) groups excluding carboxylic acids is 2. The number of carbonyl (C=O) groups is 2. The van der Waals surface area contributed by atoms with Crippen LogP contribution in [-0.2, 0) is 21.4 Å². The lowest BCUT2D eigenvalue weighted by molar-refractivity contribution is -0.116. The second-order valence-corrected chi connectivity index (χ2v) is 9.58. The molecular weight excluding hydrogens is 446 g/mol. The summed E-state index contributed by atoms with van der Waals surface area (Å²) in [5, 5.41) is 5.50. The van der Waals surface area contributed by atoms with Crippen LogP contribution in [0.3, 0.4) is 0 Å². The second kappa shape index (κ2) is 10.6. The minimum atomic E-state index is -3.77. The molecule has 3 rings (SSSR count). The number of urea groups is 1. The van der Waals surface area contributed by atoms with Crippen LogP contribution >= 0.6 is 0 Å². The van der Waals surface area contributed by atoms with E-state index in [1.807, 2.05) is 0 Å². The highest BCUT2D eigenvalue weighted by Gasteiger charge is 2.23. The first kappa shape index (κ1) is 24.5. The molecule has 0 unspecified atom stereocenters. The molecule has 1 aromatic heterocycles. The van der Waals surface area contributed by atoms with Crippen LogP contribution in [0.15, 0.2) is 52.3 Å². The molecule has 1 saturated heterocycles. The van der Waals surface area contributed by atoms with Gasteiger partial charge in [0.1, 0.15) is 6.54 Å². The predicted molar refractivity (Wildman–Crippen MR) is 126 cm³/mol. The zero-order valence-electron chi connectivity index (χ0n) is 18.8. The smallest absolute Gasteiger partial charge is 0.321 e. The van der Waals surface area contributed by atoms with Gasteiger partial charge >= 0.3 is 6.03 Å². The first-order chi connectivity index (χ1) is 15.8. The van der Waals surface area contributed by atoms with Crippen molar-refractivity contribution in [2.45, 2.75) is 38.1 Å². The zero-order valence-corrected chi connectivity index (χ0v) is 19.6. The second-order valence-electron chi connectivity index (χ2n) is 7.64. The Labute approximate surface area is 193 Å². The number of nitrogens with one attached hydrogen (secondary N) is 2. The Bertz CT molecular complexity index is 1170. The van der Waals surface area contributed by atoms with Crippen LogP contribution in [0, 0.1) is 0 Å². The van der Waals surface area contributed by atoms with Gasteiger partial charge in [-0.25, -0.2) is 13.2 Å². The third kappa shape index (κ3) is 5.79. The predicted octanol–water partition coefficient (Wildman–Crippen LogP) is 2.15. The molecule has 33 heavy (non-hydrogen) atoms. The summed E-state index contributed by atoms with van der Waals surface area (Å²) < 4.78 is 27.8. The molecule has 11 heteroatoms. The van der Waals surface area contributed by atoms with Gasteiger partial charge in [0.15, 0.2) is 0 Å². The fourth-order valence-electron chi connectivity index (χ4n) is 3.66. The number of likely N-dealkylation sites (tertiary alicyclic amines) is 1. The molecule has 1 fully saturated rings. The molecule has 0 saturated carbocycles. The van der Waals surface area contributed by atoms with Crippen LogP contribution in [0.25, 0.3) is 0 Å². The van der Waals surface area contributed by atoms with Gasteiger partial charge in [-0.05, 0) is 31.0 Å². The number of hydrogen-bond donors (Lipinski definition) is 2. The van der Waals surface area contributed by atoms with Crippen molar-refractivity contribution in [3.8, 4) is 0 Å². The van der Waals surface area contributed by atoms with Crippen molar-refractivity contribution in [3.05, 3.63) is 52.9 Å². The van der Waals surface area contributed by atoms with E-state index in [-0.39, 0.29) is 17.5 Å². The molecule has 1 aliphatic rings. The van der Waals surface area contributed by atoms with Crippen molar-refractivity contribution in [3.63, 3.8) is 0 Å². The first-order valence-corrected chi connectivity index (χ1v) is 12.4. The minimum absolute atomic E-state index is 0.0584. The third-order valence-corrected chi connectivity index (χ3v) is 7.48. The summed E-state index contributed by atoms with van der Waals surface area (Å²) in [6.07, 6.45) is 3.10. The quantitative estimate of drug-likeness (QED) is 0.606. The fourth-order valence-corrected chi connectivity index (χ4v) is 5.14. The number of pyridine rings is 1. The molecule has 2 aromatic rings.